The molecule has 1 saturated carbocycles. The van der Waals surface area contributed by atoms with Gasteiger partial charge in [0, 0.05) is 26.9 Å². The number of hydrogen-bond acceptors (Lipinski definition) is 5. The van der Waals surface area contributed by atoms with E-state index in [4.69, 9.17) is 0 Å². The Labute approximate surface area is 123 Å². The highest BCUT2D eigenvalue weighted by Crippen LogP contribution is 2.28. The zero-order valence-electron chi connectivity index (χ0n) is 9.60. The first kappa shape index (κ1) is 12.4. The summed E-state index contributed by atoms with van der Waals surface area (Å²) in [7, 11) is 0. The van der Waals surface area contributed by atoms with Crippen molar-refractivity contribution in [1.29, 1.82) is 0 Å². The van der Waals surface area contributed by atoms with Gasteiger partial charge in [-0.1, -0.05) is 22.0 Å². The molecule has 18 heavy (non-hydrogen) atoms. The number of halogens is 1. The molecule has 1 aliphatic rings. The Morgan fingerprint density at radius 2 is 2.33 bits per heavy atom. The first-order valence-electron chi connectivity index (χ1n) is 5.77. The fourth-order valence-corrected chi connectivity index (χ4v) is 3.58. The molecule has 1 heterocycles. The number of hydrogen-bond donors (Lipinski definition) is 1. The van der Waals surface area contributed by atoms with E-state index in [0.29, 0.717) is 6.04 Å². The molecule has 3 rings (SSSR count). The van der Waals surface area contributed by atoms with Crippen LogP contribution in [0.2, 0.25) is 0 Å². The van der Waals surface area contributed by atoms with Gasteiger partial charge in [-0.15, -0.1) is 11.8 Å². The quantitative estimate of drug-likeness (QED) is 0.828. The molecule has 0 unspecified atom stereocenters. The highest BCUT2D eigenvalue weighted by Gasteiger charge is 2.22. The van der Waals surface area contributed by atoms with E-state index in [1.165, 1.54) is 29.3 Å². The molecular formula is C12H12BrN3S2. The molecule has 0 radical (unpaired) electrons. The Morgan fingerprint density at radius 1 is 1.44 bits per heavy atom. The molecule has 94 valence electrons. The smallest absolute Gasteiger partial charge is 0.202 e. The van der Waals surface area contributed by atoms with Crippen molar-refractivity contribution in [3.05, 3.63) is 34.6 Å². The lowest BCUT2D eigenvalue weighted by atomic mass is 10.4. The van der Waals surface area contributed by atoms with Crippen molar-refractivity contribution in [3.8, 4) is 0 Å². The summed E-state index contributed by atoms with van der Waals surface area (Å²) in [4.78, 5) is 5.72. The highest BCUT2D eigenvalue weighted by molar-refractivity contribution is 9.10. The topological polar surface area (TPSA) is 37.8 Å². The lowest BCUT2D eigenvalue weighted by Gasteiger charge is -1.99. The van der Waals surface area contributed by atoms with Crippen molar-refractivity contribution < 1.29 is 0 Å². The lowest BCUT2D eigenvalue weighted by Crippen LogP contribution is -1.99. The Morgan fingerprint density at radius 3 is 3.11 bits per heavy atom. The molecule has 1 fully saturated rings. The van der Waals surface area contributed by atoms with E-state index in [1.807, 2.05) is 12.1 Å². The molecule has 0 bridgehead atoms. The zero-order chi connectivity index (χ0) is 12.4. The molecule has 1 aliphatic carbocycles. The molecule has 6 heteroatoms. The van der Waals surface area contributed by atoms with Crippen LogP contribution in [0.4, 0.5) is 5.13 Å². The van der Waals surface area contributed by atoms with Gasteiger partial charge in [0.1, 0.15) is 0 Å². The minimum absolute atomic E-state index is 0.642. The molecule has 0 amide bonds. The molecule has 1 aromatic carbocycles. The van der Waals surface area contributed by atoms with Gasteiger partial charge in [-0.3, -0.25) is 0 Å². The number of nitrogens with zero attached hydrogens (tertiary/aromatic N) is 2. The van der Waals surface area contributed by atoms with Crippen LogP contribution in [0, 0.1) is 0 Å². The van der Waals surface area contributed by atoms with Crippen LogP contribution in [0.1, 0.15) is 18.7 Å². The van der Waals surface area contributed by atoms with Gasteiger partial charge in [-0.05, 0) is 31.0 Å². The predicted molar refractivity (Wildman–Crippen MR) is 80.3 cm³/mol. The predicted octanol–water partition coefficient (Wildman–Crippen LogP) is 4.17. The van der Waals surface area contributed by atoms with Gasteiger partial charge >= 0.3 is 0 Å². The number of rotatable bonds is 5. The Balaban J connectivity index is 1.57. The monoisotopic (exact) mass is 341 g/mol. The average molecular weight is 342 g/mol. The van der Waals surface area contributed by atoms with E-state index in [9.17, 15) is 0 Å². The van der Waals surface area contributed by atoms with E-state index in [2.05, 4.69) is 42.7 Å². The van der Waals surface area contributed by atoms with Crippen LogP contribution in [0.25, 0.3) is 0 Å². The maximum absolute atomic E-state index is 4.49. The van der Waals surface area contributed by atoms with E-state index >= 15 is 0 Å². The number of anilines is 1. The van der Waals surface area contributed by atoms with Crippen molar-refractivity contribution in [3.63, 3.8) is 0 Å². The fourth-order valence-electron chi connectivity index (χ4n) is 1.48. The Kier molecular flexibility index (Phi) is 3.86. The third-order valence-corrected chi connectivity index (χ3v) is 4.70. The van der Waals surface area contributed by atoms with Crippen LogP contribution in [-0.4, -0.2) is 15.4 Å². The summed E-state index contributed by atoms with van der Waals surface area (Å²) < 4.78 is 5.48. The summed E-state index contributed by atoms with van der Waals surface area (Å²) in [6.45, 7) is 0. The Hall–Kier alpha value is -0.590. The number of nitrogens with one attached hydrogen (secondary N) is 1. The summed E-state index contributed by atoms with van der Waals surface area (Å²) in [6, 6.07) is 8.93. The average Bonchev–Trinajstić information content (AvgIpc) is 3.05. The first-order valence-corrected chi connectivity index (χ1v) is 8.32. The number of thioether (sulfide) groups is 1. The molecular weight excluding hydrogens is 330 g/mol. The van der Waals surface area contributed by atoms with Crippen molar-refractivity contribution in [1.82, 2.24) is 9.36 Å². The van der Waals surface area contributed by atoms with Crippen molar-refractivity contribution in [2.24, 2.45) is 0 Å². The summed E-state index contributed by atoms with van der Waals surface area (Å²) in [6.07, 6.45) is 2.53. The molecule has 0 spiro atoms. The van der Waals surface area contributed by atoms with E-state index in [0.717, 1.165) is 21.2 Å². The van der Waals surface area contributed by atoms with Crippen LogP contribution in [0.3, 0.4) is 0 Å². The standard InChI is InChI=1S/C12H12BrN3S2/c13-8-2-1-3-10(6-8)17-7-11-15-12(18-16-11)14-9-4-5-9/h1-3,6,9H,4-5,7H2,(H,14,15,16). The molecule has 3 nitrogen and oxygen atoms in total. The highest BCUT2D eigenvalue weighted by atomic mass is 79.9. The zero-order valence-corrected chi connectivity index (χ0v) is 12.8. The Bertz CT molecular complexity index is 540. The third-order valence-electron chi connectivity index (χ3n) is 2.54. The minimum Gasteiger partial charge on any atom is -0.358 e. The second-order valence-corrected chi connectivity index (χ2v) is 6.90. The second kappa shape index (κ2) is 5.59. The first-order chi connectivity index (χ1) is 8.79. The van der Waals surface area contributed by atoms with Crippen LogP contribution >= 0.6 is 39.2 Å². The van der Waals surface area contributed by atoms with E-state index in [1.54, 1.807) is 11.8 Å². The summed E-state index contributed by atoms with van der Waals surface area (Å²) in [5.41, 5.74) is 0. The summed E-state index contributed by atoms with van der Waals surface area (Å²) >= 11 is 6.69. The molecule has 0 aliphatic heterocycles. The molecule has 0 atom stereocenters. The van der Waals surface area contributed by atoms with Gasteiger partial charge in [0.05, 0.1) is 5.75 Å². The second-order valence-electron chi connectivity index (χ2n) is 4.18. The third kappa shape index (κ3) is 3.46. The van der Waals surface area contributed by atoms with Gasteiger partial charge < -0.3 is 5.32 Å². The van der Waals surface area contributed by atoms with Crippen molar-refractivity contribution in [2.45, 2.75) is 29.5 Å². The minimum atomic E-state index is 0.642. The maximum Gasteiger partial charge on any atom is 0.202 e. The summed E-state index contributed by atoms with van der Waals surface area (Å²) in [5, 5.41) is 4.33. The molecule has 2 aromatic rings. The van der Waals surface area contributed by atoms with Crippen LogP contribution < -0.4 is 5.32 Å². The lowest BCUT2D eigenvalue weighted by molar-refractivity contribution is 1.09. The van der Waals surface area contributed by atoms with Gasteiger partial charge in [-0.25, -0.2) is 4.98 Å². The van der Waals surface area contributed by atoms with E-state index < -0.39 is 0 Å². The molecule has 1 aromatic heterocycles. The van der Waals surface area contributed by atoms with Crippen molar-refractivity contribution >= 4 is 44.4 Å². The normalized spacial score (nSPS) is 14.7. The van der Waals surface area contributed by atoms with Crippen LogP contribution in [-0.2, 0) is 5.75 Å². The maximum atomic E-state index is 4.49. The van der Waals surface area contributed by atoms with Gasteiger partial charge in [0.25, 0.3) is 0 Å². The van der Waals surface area contributed by atoms with Gasteiger partial charge in [0.2, 0.25) is 5.13 Å². The number of aromatic nitrogens is 2. The SMILES string of the molecule is Brc1cccc(SCc2nsc(NC3CC3)n2)c1. The molecule has 1 N–H and O–H groups in total. The van der Waals surface area contributed by atoms with E-state index in [-0.39, 0.29) is 0 Å². The van der Waals surface area contributed by atoms with Gasteiger partial charge in [0.15, 0.2) is 5.82 Å². The van der Waals surface area contributed by atoms with Crippen LogP contribution in [0.5, 0.6) is 0 Å². The fraction of sp³-hybridized carbons (Fsp3) is 0.333. The van der Waals surface area contributed by atoms with Crippen molar-refractivity contribution in [2.75, 3.05) is 5.32 Å². The molecule has 0 saturated heterocycles. The number of benzene rings is 1. The largest absolute Gasteiger partial charge is 0.358 e. The van der Waals surface area contributed by atoms with Crippen LogP contribution in [0.15, 0.2) is 33.6 Å². The van der Waals surface area contributed by atoms with Gasteiger partial charge in [-0.2, -0.15) is 4.37 Å². The summed E-state index contributed by atoms with van der Waals surface area (Å²) in [5.74, 6) is 1.73.